The normalized spacial score (nSPS) is 12.6. The molecule has 0 bridgehead atoms. The standard InChI is InChI=1S/C18H28FNO7S/c19-15-6-8-17(9-7-15)27-13-16(21)5-1-4-12-28(24,25)20-10-2-3-11-26-14-18(22)23/h6-9,16,20-21H,1-5,10-14H2,(H,22,23). The van der Waals surface area contributed by atoms with Crippen molar-refractivity contribution in [2.24, 2.45) is 0 Å². The molecule has 0 heterocycles. The van der Waals surface area contributed by atoms with E-state index in [1.807, 2.05) is 0 Å². The number of aliphatic carboxylic acids is 1. The number of nitrogens with one attached hydrogen (secondary N) is 1. The Morgan fingerprint density at radius 1 is 1.14 bits per heavy atom. The number of carboxylic acid groups (broad SMARTS) is 1. The Balaban J connectivity index is 2.05. The highest BCUT2D eigenvalue weighted by atomic mass is 32.2. The Bertz CT molecular complexity index is 667. The van der Waals surface area contributed by atoms with E-state index in [0.29, 0.717) is 37.9 Å². The van der Waals surface area contributed by atoms with Gasteiger partial charge in [-0.05, 0) is 56.4 Å². The second kappa shape index (κ2) is 13.4. The topological polar surface area (TPSA) is 122 Å². The summed E-state index contributed by atoms with van der Waals surface area (Å²) in [6.45, 7) is 0.242. The first-order valence-electron chi connectivity index (χ1n) is 9.12. The minimum atomic E-state index is -3.38. The summed E-state index contributed by atoms with van der Waals surface area (Å²) in [5.41, 5.74) is 0. The average molecular weight is 421 g/mol. The third-order valence-electron chi connectivity index (χ3n) is 3.72. The van der Waals surface area contributed by atoms with Crippen molar-refractivity contribution >= 4 is 16.0 Å². The molecule has 0 amide bonds. The maximum atomic E-state index is 12.8. The Hall–Kier alpha value is -1.75. The first-order chi connectivity index (χ1) is 13.3. The zero-order valence-electron chi connectivity index (χ0n) is 15.7. The van der Waals surface area contributed by atoms with Crippen LogP contribution in [0.25, 0.3) is 0 Å². The zero-order chi connectivity index (χ0) is 20.8. The summed E-state index contributed by atoms with van der Waals surface area (Å²) in [5.74, 6) is -0.976. The van der Waals surface area contributed by atoms with Crippen molar-refractivity contribution in [3.63, 3.8) is 0 Å². The molecular formula is C18H28FNO7S. The summed E-state index contributed by atoms with van der Waals surface area (Å²) in [5, 5.41) is 18.3. The zero-order valence-corrected chi connectivity index (χ0v) is 16.5. The van der Waals surface area contributed by atoms with E-state index in [4.69, 9.17) is 14.6 Å². The molecule has 0 saturated carbocycles. The summed E-state index contributed by atoms with van der Waals surface area (Å²) >= 11 is 0. The van der Waals surface area contributed by atoms with Gasteiger partial charge in [0.05, 0.1) is 11.9 Å². The van der Waals surface area contributed by atoms with Crippen LogP contribution in [0.4, 0.5) is 4.39 Å². The van der Waals surface area contributed by atoms with Gasteiger partial charge in [0, 0.05) is 13.2 Å². The number of hydrogen-bond donors (Lipinski definition) is 3. The monoisotopic (exact) mass is 421 g/mol. The number of aliphatic hydroxyl groups is 1. The van der Waals surface area contributed by atoms with Crippen LogP contribution in [0, 0.1) is 5.82 Å². The van der Waals surface area contributed by atoms with Crippen LogP contribution in [0.3, 0.4) is 0 Å². The molecule has 28 heavy (non-hydrogen) atoms. The fourth-order valence-electron chi connectivity index (χ4n) is 2.27. The molecule has 1 aromatic rings. The molecule has 0 saturated heterocycles. The minimum Gasteiger partial charge on any atom is -0.491 e. The van der Waals surface area contributed by atoms with E-state index >= 15 is 0 Å². The molecule has 1 atom stereocenters. The molecule has 1 aromatic carbocycles. The third kappa shape index (κ3) is 12.6. The van der Waals surface area contributed by atoms with E-state index < -0.39 is 22.1 Å². The molecule has 0 aliphatic carbocycles. The van der Waals surface area contributed by atoms with E-state index in [1.54, 1.807) is 0 Å². The molecule has 0 aliphatic heterocycles. The van der Waals surface area contributed by atoms with Gasteiger partial charge in [0.1, 0.15) is 24.8 Å². The lowest BCUT2D eigenvalue weighted by Gasteiger charge is -2.12. The SMILES string of the molecule is O=C(O)COCCCCNS(=O)(=O)CCCCC(O)COc1ccc(F)cc1. The van der Waals surface area contributed by atoms with Crippen LogP contribution in [0.5, 0.6) is 5.75 Å². The average Bonchev–Trinajstić information content (AvgIpc) is 2.64. The molecule has 0 fully saturated rings. The molecule has 0 spiro atoms. The van der Waals surface area contributed by atoms with Gasteiger partial charge in [-0.3, -0.25) is 0 Å². The van der Waals surface area contributed by atoms with Crippen LogP contribution >= 0.6 is 0 Å². The van der Waals surface area contributed by atoms with Gasteiger partial charge in [0.25, 0.3) is 0 Å². The number of ether oxygens (including phenoxy) is 2. The van der Waals surface area contributed by atoms with Crippen LogP contribution in [0.2, 0.25) is 0 Å². The van der Waals surface area contributed by atoms with Gasteiger partial charge in [0.15, 0.2) is 0 Å². The lowest BCUT2D eigenvalue weighted by atomic mass is 10.2. The number of hydrogen-bond acceptors (Lipinski definition) is 6. The Kier molecular flexibility index (Phi) is 11.7. The van der Waals surface area contributed by atoms with E-state index in [0.717, 1.165) is 0 Å². The highest BCUT2D eigenvalue weighted by Gasteiger charge is 2.11. The van der Waals surface area contributed by atoms with E-state index in [2.05, 4.69) is 4.72 Å². The number of unbranched alkanes of at least 4 members (excludes halogenated alkanes) is 2. The fourth-order valence-corrected chi connectivity index (χ4v) is 3.45. The lowest BCUT2D eigenvalue weighted by molar-refractivity contribution is -0.142. The first kappa shape index (κ1) is 24.3. The van der Waals surface area contributed by atoms with Crippen LogP contribution in [-0.4, -0.2) is 62.8 Å². The Morgan fingerprint density at radius 3 is 2.54 bits per heavy atom. The van der Waals surface area contributed by atoms with E-state index in [-0.39, 0.29) is 37.9 Å². The smallest absolute Gasteiger partial charge is 0.329 e. The van der Waals surface area contributed by atoms with Crippen LogP contribution < -0.4 is 9.46 Å². The van der Waals surface area contributed by atoms with Crippen molar-refractivity contribution in [1.29, 1.82) is 0 Å². The van der Waals surface area contributed by atoms with Crippen LogP contribution in [0.15, 0.2) is 24.3 Å². The number of sulfonamides is 1. The van der Waals surface area contributed by atoms with Gasteiger partial charge in [-0.1, -0.05) is 0 Å². The van der Waals surface area contributed by atoms with Gasteiger partial charge >= 0.3 is 5.97 Å². The number of benzene rings is 1. The third-order valence-corrected chi connectivity index (χ3v) is 5.19. The number of aliphatic hydroxyl groups excluding tert-OH is 1. The molecule has 3 N–H and O–H groups in total. The second-order valence-corrected chi connectivity index (χ2v) is 8.21. The largest absolute Gasteiger partial charge is 0.491 e. The maximum absolute atomic E-state index is 12.8. The lowest BCUT2D eigenvalue weighted by Crippen LogP contribution is -2.27. The molecule has 0 aromatic heterocycles. The van der Waals surface area contributed by atoms with Crippen molar-refractivity contribution < 1.29 is 37.3 Å². The molecule has 10 heteroatoms. The predicted molar refractivity (Wildman–Crippen MR) is 101 cm³/mol. The van der Waals surface area contributed by atoms with Gasteiger partial charge in [-0.2, -0.15) is 0 Å². The minimum absolute atomic E-state index is 0.0337. The number of carbonyl (C=O) groups is 1. The number of carboxylic acids is 1. The molecular weight excluding hydrogens is 393 g/mol. The van der Waals surface area contributed by atoms with Crippen molar-refractivity contribution in [3.05, 3.63) is 30.1 Å². The molecule has 1 rings (SSSR count). The molecule has 0 radical (unpaired) electrons. The number of halogens is 1. The van der Waals surface area contributed by atoms with Gasteiger partial charge < -0.3 is 19.7 Å². The van der Waals surface area contributed by atoms with E-state index in [9.17, 15) is 22.7 Å². The van der Waals surface area contributed by atoms with Crippen molar-refractivity contribution in [1.82, 2.24) is 4.72 Å². The van der Waals surface area contributed by atoms with Crippen LogP contribution in [-0.2, 0) is 19.6 Å². The van der Waals surface area contributed by atoms with Gasteiger partial charge in [-0.25, -0.2) is 22.3 Å². The summed E-state index contributed by atoms with van der Waals surface area (Å²) < 4.78 is 49.2. The van der Waals surface area contributed by atoms with E-state index in [1.165, 1.54) is 24.3 Å². The Labute approximate surface area is 164 Å². The van der Waals surface area contributed by atoms with Gasteiger partial charge in [0.2, 0.25) is 10.0 Å². The van der Waals surface area contributed by atoms with Crippen LogP contribution in [0.1, 0.15) is 32.1 Å². The summed E-state index contributed by atoms with van der Waals surface area (Å²) in [6, 6.07) is 5.47. The maximum Gasteiger partial charge on any atom is 0.329 e. The van der Waals surface area contributed by atoms with Gasteiger partial charge in [-0.15, -0.1) is 0 Å². The van der Waals surface area contributed by atoms with Crippen molar-refractivity contribution in [2.45, 2.75) is 38.2 Å². The number of rotatable bonds is 16. The van der Waals surface area contributed by atoms with Crippen molar-refractivity contribution in [3.8, 4) is 5.75 Å². The molecule has 8 nitrogen and oxygen atoms in total. The highest BCUT2D eigenvalue weighted by Crippen LogP contribution is 2.12. The molecule has 0 aliphatic rings. The highest BCUT2D eigenvalue weighted by molar-refractivity contribution is 7.89. The fraction of sp³-hybridized carbons (Fsp3) is 0.611. The molecule has 1 unspecified atom stereocenters. The quantitative estimate of drug-likeness (QED) is 0.346. The predicted octanol–water partition coefficient (Wildman–Crippen LogP) is 1.54. The summed E-state index contributed by atoms with van der Waals surface area (Å²) in [6.07, 6.45) is 1.72. The summed E-state index contributed by atoms with van der Waals surface area (Å²) in [7, 11) is -3.38. The van der Waals surface area contributed by atoms with Crippen molar-refractivity contribution in [2.75, 3.05) is 32.1 Å². The molecule has 160 valence electrons. The first-order valence-corrected chi connectivity index (χ1v) is 10.8. The Morgan fingerprint density at radius 2 is 1.86 bits per heavy atom. The second-order valence-electron chi connectivity index (χ2n) is 6.28. The summed E-state index contributed by atoms with van der Waals surface area (Å²) in [4.78, 5) is 10.2.